The molecule has 0 atom stereocenters. The van der Waals surface area contributed by atoms with Crippen molar-refractivity contribution in [1.82, 2.24) is 15.0 Å². The molecule has 1 aromatic heterocycles. The van der Waals surface area contributed by atoms with Crippen LogP contribution >= 0.6 is 18.9 Å². The maximum atomic E-state index is 4.44. The first-order chi connectivity index (χ1) is 13.7. The second-order valence-corrected chi connectivity index (χ2v) is 11.1. The van der Waals surface area contributed by atoms with E-state index in [9.17, 15) is 0 Å². The van der Waals surface area contributed by atoms with Crippen LogP contribution in [0.4, 0.5) is 0 Å². The van der Waals surface area contributed by atoms with Gasteiger partial charge in [0, 0.05) is 0 Å². The fourth-order valence-electron chi connectivity index (χ4n) is 3.13. The molecule has 1 heterocycles. The normalized spacial score (nSPS) is 11.9. The molecule has 28 heavy (non-hydrogen) atoms. The fraction of sp³-hybridized carbons (Fsp3) is 0.0455. The molecule has 0 radical (unpaired) electrons. The van der Waals surface area contributed by atoms with Crippen molar-refractivity contribution in [1.29, 1.82) is 0 Å². The van der Waals surface area contributed by atoms with Gasteiger partial charge < -0.3 is 0 Å². The van der Waals surface area contributed by atoms with Crippen LogP contribution in [-0.4, -0.2) is 22.6 Å². The molecule has 138 valence electrons. The van der Waals surface area contributed by atoms with Crippen LogP contribution < -0.4 is 10.6 Å². The van der Waals surface area contributed by atoms with Crippen LogP contribution in [0.2, 0.25) is 0 Å². The summed E-state index contributed by atoms with van der Waals surface area (Å²) < 4.78 is 1.91. The van der Waals surface area contributed by atoms with E-state index in [-0.39, 0.29) is 0 Å². The van der Waals surface area contributed by atoms with E-state index in [1.165, 1.54) is 15.5 Å². The molecule has 6 heteroatoms. The average Bonchev–Trinajstić information content (AvgIpc) is 3.21. The van der Waals surface area contributed by atoms with Crippen molar-refractivity contribution in [3.63, 3.8) is 0 Å². The van der Waals surface area contributed by atoms with Crippen LogP contribution in [0.25, 0.3) is 0 Å². The third-order valence-corrected chi connectivity index (χ3v) is 9.16. The van der Waals surface area contributed by atoms with Gasteiger partial charge in [-0.1, -0.05) is 0 Å². The minimum absolute atomic E-state index is 0.747. The molecular formula is C22H21BN3PS. The quantitative estimate of drug-likeness (QED) is 0.205. The first-order valence-corrected chi connectivity index (χ1v) is 12.4. The fourth-order valence-corrected chi connectivity index (χ4v) is 6.71. The van der Waals surface area contributed by atoms with E-state index in [2.05, 4.69) is 109 Å². The van der Waals surface area contributed by atoms with Gasteiger partial charge in [0.1, 0.15) is 0 Å². The van der Waals surface area contributed by atoms with Crippen molar-refractivity contribution < 1.29 is 0 Å². The summed E-state index contributed by atoms with van der Waals surface area (Å²) in [5, 5.41) is 11.5. The van der Waals surface area contributed by atoms with Crippen molar-refractivity contribution in [3.05, 3.63) is 109 Å². The Bertz CT molecular complexity index is 970. The van der Waals surface area contributed by atoms with Crippen molar-refractivity contribution in [2.45, 2.75) is 10.8 Å². The van der Waals surface area contributed by atoms with Gasteiger partial charge in [0.15, 0.2) is 0 Å². The predicted molar refractivity (Wildman–Crippen MR) is 123 cm³/mol. The summed E-state index contributed by atoms with van der Waals surface area (Å²) in [5.41, 5.74) is 0.928. The molecule has 0 saturated heterocycles. The summed E-state index contributed by atoms with van der Waals surface area (Å²) in [6.45, 7) is 0. The van der Waals surface area contributed by atoms with Crippen LogP contribution in [-0.2, 0) is 5.88 Å². The number of benzene rings is 3. The summed E-state index contributed by atoms with van der Waals surface area (Å²) in [5.74, 6) is 0.747. The van der Waals surface area contributed by atoms with E-state index in [0.29, 0.717) is 0 Å². The Hall–Kier alpha value is -2.49. The van der Waals surface area contributed by atoms with Crippen LogP contribution in [0.15, 0.2) is 102 Å². The molecule has 0 aliphatic carbocycles. The van der Waals surface area contributed by atoms with Gasteiger partial charge in [-0.3, -0.25) is 0 Å². The Morgan fingerprint density at radius 2 is 1.36 bits per heavy atom. The van der Waals surface area contributed by atoms with Gasteiger partial charge in [0.25, 0.3) is 0 Å². The zero-order valence-corrected chi connectivity index (χ0v) is 17.4. The summed E-state index contributed by atoms with van der Waals surface area (Å²) in [4.78, 5) is 1.23. The van der Waals surface area contributed by atoms with Crippen LogP contribution in [0.5, 0.6) is 0 Å². The molecule has 0 bridgehead atoms. The molecule has 0 aliphatic heterocycles. The molecule has 3 nitrogen and oxygen atoms in total. The topological polar surface area (TPSA) is 30.7 Å². The summed E-state index contributed by atoms with van der Waals surface area (Å²) >= 11 is 1.75. The van der Waals surface area contributed by atoms with Gasteiger partial charge in [0.05, 0.1) is 0 Å². The second-order valence-electron chi connectivity index (χ2n) is 6.64. The van der Waals surface area contributed by atoms with E-state index in [4.69, 9.17) is 0 Å². The Kier molecular flexibility index (Phi) is 5.85. The Morgan fingerprint density at radius 3 is 1.93 bits per heavy atom. The van der Waals surface area contributed by atoms with Gasteiger partial charge in [-0.25, -0.2) is 0 Å². The van der Waals surface area contributed by atoms with Crippen LogP contribution in [0, 0.1) is 6.16 Å². The van der Waals surface area contributed by atoms with Crippen LogP contribution in [0.3, 0.4) is 0 Å². The second kappa shape index (κ2) is 8.68. The summed E-state index contributed by atoms with van der Waals surface area (Å²) in [6, 6.07) is 31.8. The van der Waals surface area contributed by atoms with Gasteiger partial charge in [-0.05, 0) is 0 Å². The number of hydrogen-bond acceptors (Lipinski definition) is 3. The summed E-state index contributed by atoms with van der Waals surface area (Å²) in [6.07, 6.45) is 4.36. The molecule has 0 saturated carbocycles. The van der Waals surface area contributed by atoms with Gasteiger partial charge >= 0.3 is 172 Å². The minimum atomic E-state index is -1.71. The molecule has 0 aliphatic rings. The summed E-state index contributed by atoms with van der Waals surface area (Å²) in [7, 11) is 0.635. The van der Waals surface area contributed by atoms with E-state index in [1.807, 2.05) is 16.9 Å². The molecule has 4 rings (SSSR count). The number of aromatic nitrogens is 3. The Labute approximate surface area is 171 Å². The SMILES string of the molecule is B[P-]([CH+]c1cn(CSc2ccccc2)nn1)(c1ccccc1)c1ccccc1. The van der Waals surface area contributed by atoms with Gasteiger partial charge in [-0.15, -0.1) is 0 Å². The van der Waals surface area contributed by atoms with Crippen molar-refractivity contribution >= 4 is 37.1 Å². The molecule has 0 fully saturated rings. The van der Waals surface area contributed by atoms with Gasteiger partial charge in [-0.2, -0.15) is 0 Å². The van der Waals surface area contributed by atoms with Crippen molar-refractivity contribution in [2.75, 3.05) is 0 Å². The first-order valence-electron chi connectivity index (χ1n) is 9.15. The van der Waals surface area contributed by atoms with Gasteiger partial charge in [0.2, 0.25) is 0 Å². The first kappa shape index (κ1) is 18.9. The number of nitrogens with zero attached hydrogens (tertiary/aromatic N) is 3. The Balaban J connectivity index is 1.56. The number of hydrogen-bond donors (Lipinski definition) is 0. The molecule has 3 aromatic carbocycles. The van der Waals surface area contributed by atoms with Crippen molar-refractivity contribution in [3.8, 4) is 0 Å². The molecule has 4 aromatic rings. The van der Waals surface area contributed by atoms with E-state index in [0.717, 1.165) is 11.6 Å². The number of rotatable bonds is 7. The average molecular weight is 401 g/mol. The predicted octanol–water partition coefficient (Wildman–Crippen LogP) is 3.75. The molecular weight excluding hydrogens is 380 g/mol. The molecule has 0 unspecified atom stereocenters. The van der Waals surface area contributed by atoms with E-state index >= 15 is 0 Å². The third kappa shape index (κ3) is 4.32. The number of thioether (sulfide) groups is 1. The third-order valence-electron chi connectivity index (χ3n) is 4.64. The zero-order chi connectivity index (χ0) is 19.2. The Morgan fingerprint density at radius 1 is 0.821 bits per heavy atom. The molecule has 0 spiro atoms. The van der Waals surface area contributed by atoms with Crippen molar-refractivity contribution in [2.24, 2.45) is 0 Å². The monoisotopic (exact) mass is 401 g/mol. The van der Waals surface area contributed by atoms with E-state index < -0.39 is 7.14 Å². The molecule has 0 N–H and O–H groups in total. The zero-order valence-electron chi connectivity index (χ0n) is 15.7. The maximum absolute atomic E-state index is 4.44. The van der Waals surface area contributed by atoms with E-state index in [1.54, 1.807) is 11.8 Å². The standard InChI is InChI=1S/C22H21BN3PS/c23-27(20-10-4-1-5-11-20,21-12-6-2-7-13-21)17-19-16-26(25-24-19)18-28-22-14-8-3-9-15-22/h1-17H,18,23H2. The van der Waals surface area contributed by atoms with Crippen LogP contribution in [0.1, 0.15) is 5.69 Å². The molecule has 0 amide bonds.